The summed E-state index contributed by atoms with van der Waals surface area (Å²) >= 11 is 0. The second-order valence-corrected chi connectivity index (χ2v) is 6.99. The molecule has 2 heteroatoms. The van der Waals surface area contributed by atoms with Gasteiger partial charge < -0.3 is 10.0 Å². The predicted molar refractivity (Wildman–Crippen MR) is 81.2 cm³/mol. The Morgan fingerprint density at radius 2 is 1.63 bits per heavy atom. The van der Waals surface area contributed by atoms with Crippen molar-refractivity contribution in [1.29, 1.82) is 0 Å². The fraction of sp³-hybridized carbons (Fsp3) is 1.00. The summed E-state index contributed by atoms with van der Waals surface area (Å²) in [5.74, 6) is 1.50. The molecule has 0 aromatic heterocycles. The van der Waals surface area contributed by atoms with Gasteiger partial charge in [0.05, 0.1) is 6.10 Å². The maximum Gasteiger partial charge on any atom is 0.0580 e. The van der Waals surface area contributed by atoms with Crippen LogP contribution in [0.25, 0.3) is 0 Å². The van der Waals surface area contributed by atoms with Crippen molar-refractivity contribution in [2.75, 3.05) is 13.6 Å². The van der Waals surface area contributed by atoms with Crippen LogP contribution in [0.5, 0.6) is 0 Å². The van der Waals surface area contributed by atoms with Crippen molar-refractivity contribution in [2.45, 2.75) is 83.3 Å². The van der Waals surface area contributed by atoms with Crippen LogP contribution in [0.15, 0.2) is 0 Å². The van der Waals surface area contributed by atoms with Gasteiger partial charge in [0.15, 0.2) is 0 Å². The van der Waals surface area contributed by atoms with Gasteiger partial charge in [-0.1, -0.05) is 32.6 Å². The van der Waals surface area contributed by atoms with Gasteiger partial charge in [0.25, 0.3) is 0 Å². The van der Waals surface area contributed by atoms with Crippen LogP contribution in [0.3, 0.4) is 0 Å². The quantitative estimate of drug-likeness (QED) is 0.783. The van der Waals surface area contributed by atoms with Crippen LogP contribution in [0.1, 0.15) is 71.1 Å². The molecule has 0 aliphatic heterocycles. The van der Waals surface area contributed by atoms with E-state index in [4.69, 9.17) is 0 Å². The lowest BCUT2D eigenvalue weighted by Crippen LogP contribution is -2.40. The lowest BCUT2D eigenvalue weighted by Gasteiger charge is -2.37. The average Bonchev–Trinajstić information content (AvgIpc) is 2.64. The van der Waals surface area contributed by atoms with Gasteiger partial charge >= 0.3 is 0 Å². The van der Waals surface area contributed by atoms with Gasteiger partial charge in [0.1, 0.15) is 0 Å². The van der Waals surface area contributed by atoms with Crippen molar-refractivity contribution < 1.29 is 5.11 Å². The van der Waals surface area contributed by atoms with Gasteiger partial charge in [-0.2, -0.15) is 0 Å². The Kier molecular flexibility index (Phi) is 6.15. The predicted octanol–water partition coefficient (Wildman–Crippen LogP) is 3.83. The zero-order valence-electron chi connectivity index (χ0n) is 13.0. The van der Waals surface area contributed by atoms with Crippen molar-refractivity contribution >= 4 is 0 Å². The molecule has 0 aromatic rings. The summed E-state index contributed by atoms with van der Waals surface area (Å²) in [4.78, 5) is 2.56. The number of nitrogens with zero attached hydrogens (tertiary/aromatic N) is 1. The molecule has 1 N–H and O–H groups in total. The van der Waals surface area contributed by atoms with E-state index in [1.54, 1.807) is 0 Å². The van der Waals surface area contributed by atoms with Gasteiger partial charge in [-0.15, -0.1) is 0 Å². The first kappa shape index (κ1) is 15.3. The van der Waals surface area contributed by atoms with E-state index in [1.165, 1.54) is 57.8 Å². The summed E-state index contributed by atoms with van der Waals surface area (Å²) < 4.78 is 0. The third-order valence-electron chi connectivity index (χ3n) is 5.66. The fourth-order valence-corrected chi connectivity index (χ4v) is 4.09. The molecule has 0 bridgehead atoms. The molecular formula is C17H33NO. The first-order chi connectivity index (χ1) is 9.20. The summed E-state index contributed by atoms with van der Waals surface area (Å²) in [7, 11) is 2.29. The Morgan fingerprint density at radius 3 is 2.32 bits per heavy atom. The topological polar surface area (TPSA) is 23.5 Å². The first-order valence-electron chi connectivity index (χ1n) is 8.59. The van der Waals surface area contributed by atoms with Crippen LogP contribution >= 0.6 is 0 Å². The number of aliphatic hydroxyl groups is 1. The van der Waals surface area contributed by atoms with Crippen molar-refractivity contribution in [1.82, 2.24) is 4.90 Å². The van der Waals surface area contributed by atoms with Crippen LogP contribution in [0, 0.1) is 11.8 Å². The largest absolute Gasteiger partial charge is 0.393 e. The lowest BCUT2D eigenvalue weighted by atomic mass is 9.83. The number of hydrogen-bond acceptors (Lipinski definition) is 2. The zero-order valence-corrected chi connectivity index (χ0v) is 13.0. The van der Waals surface area contributed by atoms with E-state index in [0.717, 1.165) is 24.9 Å². The molecule has 2 saturated carbocycles. The molecule has 2 nitrogen and oxygen atoms in total. The molecular weight excluding hydrogens is 234 g/mol. The minimum absolute atomic E-state index is 0.0445. The van der Waals surface area contributed by atoms with Crippen LogP contribution in [0.4, 0.5) is 0 Å². The van der Waals surface area contributed by atoms with Crippen LogP contribution in [-0.2, 0) is 0 Å². The van der Waals surface area contributed by atoms with Crippen LogP contribution in [-0.4, -0.2) is 35.7 Å². The molecule has 19 heavy (non-hydrogen) atoms. The van der Waals surface area contributed by atoms with E-state index in [-0.39, 0.29) is 6.10 Å². The number of aliphatic hydroxyl groups excluding tert-OH is 1. The maximum atomic E-state index is 10.2. The molecule has 0 saturated heterocycles. The van der Waals surface area contributed by atoms with E-state index in [0.29, 0.717) is 5.92 Å². The van der Waals surface area contributed by atoms with Crippen molar-refractivity contribution in [3.8, 4) is 0 Å². The highest BCUT2D eigenvalue weighted by atomic mass is 16.3. The van der Waals surface area contributed by atoms with E-state index in [9.17, 15) is 5.11 Å². The minimum atomic E-state index is -0.0445. The van der Waals surface area contributed by atoms with Gasteiger partial charge in [-0.3, -0.25) is 0 Å². The Morgan fingerprint density at radius 1 is 0.947 bits per heavy atom. The smallest absolute Gasteiger partial charge is 0.0580 e. The normalized spacial score (nSPS) is 37.3. The molecule has 0 aromatic carbocycles. The summed E-state index contributed by atoms with van der Waals surface area (Å²) in [6, 6.07) is 0.776. The summed E-state index contributed by atoms with van der Waals surface area (Å²) in [6.07, 6.45) is 13.0. The molecule has 2 atom stereocenters. The molecule has 0 radical (unpaired) electrons. The van der Waals surface area contributed by atoms with E-state index >= 15 is 0 Å². The molecule has 2 aliphatic carbocycles. The van der Waals surface area contributed by atoms with E-state index < -0.39 is 0 Å². The molecule has 0 spiro atoms. The molecule has 0 heterocycles. The summed E-state index contributed by atoms with van der Waals surface area (Å²) in [5.41, 5.74) is 0. The van der Waals surface area contributed by atoms with Gasteiger partial charge in [-0.05, 0) is 57.4 Å². The maximum absolute atomic E-state index is 10.2. The van der Waals surface area contributed by atoms with E-state index in [2.05, 4.69) is 18.9 Å². The van der Waals surface area contributed by atoms with Crippen LogP contribution < -0.4 is 0 Å². The van der Waals surface area contributed by atoms with Gasteiger partial charge in [0.2, 0.25) is 0 Å². The molecule has 112 valence electrons. The second-order valence-electron chi connectivity index (χ2n) is 6.99. The molecule has 2 fully saturated rings. The van der Waals surface area contributed by atoms with Gasteiger partial charge in [0, 0.05) is 12.6 Å². The van der Waals surface area contributed by atoms with Crippen molar-refractivity contribution in [2.24, 2.45) is 11.8 Å². The Labute approximate surface area is 119 Å². The average molecular weight is 267 g/mol. The van der Waals surface area contributed by atoms with E-state index in [1.807, 2.05) is 0 Å². The standard InChI is InChI=1S/C17H33NO/c1-3-14-9-11-16(12-10-14)18(2)13-15-7-5-4-6-8-17(15)19/h14-17,19H,3-13H2,1-2H3. The first-order valence-corrected chi connectivity index (χ1v) is 8.59. The second kappa shape index (κ2) is 7.64. The third kappa shape index (κ3) is 4.46. The highest BCUT2D eigenvalue weighted by Crippen LogP contribution is 2.31. The van der Waals surface area contributed by atoms with Gasteiger partial charge in [-0.25, -0.2) is 0 Å². The Bertz CT molecular complexity index is 248. The summed E-state index contributed by atoms with van der Waals surface area (Å²) in [5, 5.41) is 10.2. The SMILES string of the molecule is CCC1CCC(N(C)CC2CCCCCC2O)CC1. The molecule has 0 amide bonds. The zero-order chi connectivity index (χ0) is 13.7. The number of rotatable bonds is 4. The third-order valence-corrected chi connectivity index (χ3v) is 5.66. The summed E-state index contributed by atoms with van der Waals surface area (Å²) in [6.45, 7) is 3.44. The molecule has 2 rings (SSSR count). The minimum Gasteiger partial charge on any atom is -0.393 e. The molecule has 2 aliphatic rings. The highest BCUT2D eigenvalue weighted by molar-refractivity contribution is 4.81. The van der Waals surface area contributed by atoms with Crippen molar-refractivity contribution in [3.63, 3.8) is 0 Å². The van der Waals surface area contributed by atoms with Crippen LogP contribution in [0.2, 0.25) is 0 Å². The molecule has 2 unspecified atom stereocenters. The highest BCUT2D eigenvalue weighted by Gasteiger charge is 2.27. The van der Waals surface area contributed by atoms with Crippen molar-refractivity contribution in [3.05, 3.63) is 0 Å². The fourth-order valence-electron chi connectivity index (χ4n) is 4.09. The lowest BCUT2D eigenvalue weighted by molar-refractivity contribution is 0.0598. The Hall–Kier alpha value is -0.0800. The monoisotopic (exact) mass is 267 g/mol. The number of hydrogen-bond donors (Lipinski definition) is 1. The Balaban J connectivity index is 1.78.